The van der Waals surface area contributed by atoms with E-state index in [1.54, 1.807) is 11.3 Å². The van der Waals surface area contributed by atoms with E-state index >= 15 is 0 Å². The molecule has 3 heteroatoms. The summed E-state index contributed by atoms with van der Waals surface area (Å²) in [5.41, 5.74) is 1.21. The van der Waals surface area contributed by atoms with E-state index in [-0.39, 0.29) is 0 Å². The Balaban J connectivity index is 1.87. The lowest BCUT2D eigenvalue weighted by Crippen LogP contribution is -2.27. The van der Waals surface area contributed by atoms with Crippen LogP contribution < -0.4 is 5.32 Å². The van der Waals surface area contributed by atoms with E-state index < -0.39 is 0 Å². The molecule has 1 unspecified atom stereocenters. The topological polar surface area (TPSA) is 24.9 Å². The average molecular weight is 238 g/mol. The minimum atomic E-state index is 0.580. The normalized spacial score (nSPS) is 19.6. The van der Waals surface area contributed by atoms with E-state index in [4.69, 9.17) is 0 Å². The Kier molecular flexibility index (Phi) is 4.22. The molecule has 1 saturated carbocycles. The number of hydrogen-bond acceptors (Lipinski definition) is 3. The standard InChI is InChI=1S/C13H22N2S/c1-3-12-9-16-13(15-12)14-10(2)11-7-5-4-6-8-11/h9-11H,3-8H2,1-2H3,(H,14,15). The van der Waals surface area contributed by atoms with Gasteiger partial charge in [0.2, 0.25) is 0 Å². The van der Waals surface area contributed by atoms with Gasteiger partial charge in [0, 0.05) is 11.4 Å². The minimum absolute atomic E-state index is 0.580. The highest BCUT2D eigenvalue weighted by Crippen LogP contribution is 2.28. The molecular formula is C13H22N2S. The summed E-state index contributed by atoms with van der Waals surface area (Å²) < 4.78 is 0. The van der Waals surface area contributed by atoms with Crippen molar-refractivity contribution in [3.05, 3.63) is 11.1 Å². The summed E-state index contributed by atoms with van der Waals surface area (Å²) in [6.45, 7) is 4.46. The lowest BCUT2D eigenvalue weighted by Gasteiger charge is -2.28. The second-order valence-corrected chi connectivity index (χ2v) is 5.69. The second kappa shape index (κ2) is 5.67. The van der Waals surface area contributed by atoms with Crippen molar-refractivity contribution in [2.45, 2.75) is 58.4 Å². The molecule has 1 aliphatic carbocycles. The van der Waals surface area contributed by atoms with Crippen LogP contribution in [0.1, 0.15) is 51.6 Å². The third kappa shape index (κ3) is 2.97. The summed E-state index contributed by atoms with van der Waals surface area (Å²) in [6, 6.07) is 0.580. The van der Waals surface area contributed by atoms with E-state index in [9.17, 15) is 0 Å². The number of rotatable bonds is 4. The fourth-order valence-corrected chi connectivity index (χ4v) is 3.37. The van der Waals surface area contributed by atoms with E-state index in [2.05, 4.69) is 29.5 Å². The van der Waals surface area contributed by atoms with Gasteiger partial charge in [0.05, 0.1) is 5.69 Å². The molecule has 90 valence electrons. The van der Waals surface area contributed by atoms with Crippen molar-refractivity contribution in [1.82, 2.24) is 4.98 Å². The zero-order valence-electron chi connectivity index (χ0n) is 10.3. The fourth-order valence-electron chi connectivity index (χ4n) is 2.48. The van der Waals surface area contributed by atoms with Gasteiger partial charge in [0.1, 0.15) is 0 Å². The molecule has 16 heavy (non-hydrogen) atoms. The predicted molar refractivity (Wildman–Crippen MR) is 71.2 cm³/mol. The van der Waals surface area contributed by atoms with Gasteiger partial charge in [-0.05, 0) is 32.1 Å². The van der Waals surface area contributed by atoms with Crippen LogP contribution in [0.3, 0.4) is 0 Å². The molecule has 1 aromatic heterocycles. The summed E-state index contributed by atoms with van der Waals surface area (Å²) in [7, 11) is 0. The highest BCUT2D eigenvalue weighted by molar-refractivity contribution is 7.13. The van der Waals surface area contributed by atoms with Crippen LogP contribution in [0.4, 0.5) is 5.13 Å². The van der Waals surface area contributed by atoms with Crippen LogP contribution in [0.25, 0.3) is 0 Å². The van der Waals surface area contributed by atoms with Gasteiger partial charge in [0.25, 0.3) is 0 Å². The molecular weight excluding hydrogens is 216 g/mol. The number of aromatic nitrogens is 1. The number of anilines is 1. The van der Waals surface area contributed by atoms with Crippen molar-refractivity contribution in [2.75, 3.05) is 5.32 Å². The van der Waals surface area contributed by atoms with Gasteiger partial charge in [-0.1, -0.05) is 26.2 Å². The van der Waals surface area contributed by atoms with Crippen molar-refractivity contribution in [1.29, 1.82) is 0 Å². The second-order valence-electron chi connectivity index (χ2n) is 4.83. The average Bonchev–Trinajstić information content (AvgIpc) is 2.78. The molecule has 0 aromatic carbocycles. The maximum Gasteiger partial charge on any atom is 0.183 e. The Morgan fingerprint density at radius 2 is 2.19 bits per heavy atom. The monoisotopic (exact) mass is 238 g/mol. The van der Waals surface area contributed by atoms with Gasteiger partial charge in [-0.2, -0.15) is 0 Å². The third-order valence-corrected chi connectivity index (χ3v) is 4.44. The molecule has 2 rings (SSSR count). The Hall–Kier alpha value is -0.570. The maximum atomic E-state index is 4.57. The van der Waals surface area contributed by atoms with Crippen molar-refractivity contribution in [3.63, 3.8) is 0 Å². The van der Waals surface area contributed by atoms with Crippen molar-refractivity contribution in [3.8, 4) is 0 Å². The van der Waals surface area contributed by atoms with Crippen LogP contribution >= 0.6 is 11.3 Å². The van der Waals surface area contributed by atoms with Gasteiger partial charge in [-0.25, -0.2) is 4.98 Å². The molecule has 1 fully saturated rings. The highest BCUT2D eigenvalue weighted by Gasteiger charge is 2.20. The van der Waals surface area contributed by atoms with Crippen molar-refractivity contribution >= 4 is 16.5 Å². The van der Waals surface area contributed by atoms with Gasteiger partial charge in [0.15, 0.2) is 5.13 Å². The van der Waals surface area contributed by atoms with Crippen LogP contribution in [0.2, 0.25) is 0 Å². The van der Waals surface area contributed by atoms with Crippen LogP contribution in [-0.4, -0.2) is 11.0 Å². The lowest BCUT2D eigenvalue weighted by atomic mass is 9.85. The minimum Gasteiger partial charge on any atom is -0.359 e. The van der Waals surface area contributed by atoms with Crippen molar-refractivity contribution < 1.29 is 0 Å². The quantitative estimate of drug-likeness (QED) is 0.854. The van der Waals surface area contributed by atoms with Gasteiger partial charge < -0.3 is 5.32 Å². The van der Waals surface area contributed by atoms with Crippen LogP contribution in [0.15, 0.2) is 5.38 Å². The molecule has 1 aliphatic rings. The summed E-state index contributed by atoms with van der Waals surface area (Å²) in [5.74, 6) is 0.850. The third-order valence-electron chi connectivity index (χ3n) is 3.62. The molecule has 1 N–H and O–H groups in total. The van der Waals surface area contributed by atoms with Crippen molar-refractivity contribution in [2.24, 2.45) is 5.92 Å². The van der Waals surface area contributed by atoms with E-state index in [1.807, 2.05) is 0 Å². The Morgan fingerprint density at radius 3 is 2.81 bits per heavy atom. The lowest BCUT2D eigenvalue weighted by molar-refractivity contribution is 0.328. The first-order valence-electron chi connectivity index (χ1n) is 6.50. The molecule has 0 bridgehead atoms. The van der Waals surface area contributed by atoms with Gasteiger partial charge >= 0.3 is 0 Å². The molecule has 0 spiro atoms. The van der Waals surface area contributed by atoms with Gasteiger partial charge in [-0.15, -0.1) is 11.3 Å². The largest absolute Gasteiger partial charge is 0.359 e. The molecule has 0 aliphatic heterocycles. The SMILES string of the molecule is CCc1csc(NC(C)C2CCCCC2)n1. The number of nitrogens with one attached hydrogen (secondary N) is 1. The van der Waals surface area contributed by atoms with Crippen LogP contribution in [0, 0.1) is 5.92 Å². The zero-order chi connectivity index (χ0) is 11.4. The number of nitrogens with zero attached hydrogens (tertiary/aromatic N) is 1. The van der Waals surface area contributed by atoms with E-state index in [0.29, 0.717) is 6.04 Å². The molecule has 0 saturated heterocycles. The predicted octanol–water partition coefficient (Wildman–Crippen LogP) is 4.09. The summed E-state index contributed by atoms with van der Waals surface area (Å²) in [4.78, 5) is 4.57. The highest BCUT2D eigenvalue weighted by atomic mass is 32.1. The smallest absolute Gasteiger partial charge is 0.183 e. The number of thiazole rings is 1. The van der Waals surface area contributed by atoms with Gasteiger partial charge in [-0.3, -0.25) is 0 Å². The van der Waals surface area contributed by atoms with Crippen LogP contribution in [0.5, 0.6) is 0 Å². The Bertz CT molecular complexity index is 315. The summed E-state index contributed by atoms with van der Waals surface area (Å²) in [5, 5.41) is 6.84. The maximum absolute atomic E-state index is 4.57. The first-order valence-corrected chi connectivity index (χ1v) is 7.38. The first-order chi connectivity index (χ1) is 7.79. The molecule has 2 nitrogen and oxygen atoms in total. The summed E-state index contributed by atoms with van der Waals surface area (Å²) in [6.07, 6.45) is 8.07. The number of hydrogen-bond donors (Lipinski definition) is 1. The Morgan fingerprint density at radius 1 is 1.44 bits per heavy atom. The summed E-state index contributed by atoms with van der Waals surface area (Å²) >= 11 is 1.74. The van der Waals surface area contributed by atoms with E-state index in [1.165, 1.54) is 37.8 Å². The molecule has 1 heterocycles. The van der Waals surface area contributed by atoms with Crippen LogP contribution in [-0.2, 0) is 6.42 Å². The van der Waals surface area contributed by atoms with E-state index in [0.717, 1.165) is 17.5 Å². The molecule has 0 radical (unpaired) electrons. The molecule has 0 amide bonds. The molecule has 1 atom stereocenters. The zero-order valence-corrected chi connectivity index (χ0v) is 11.1. The first kappa shape index (κ1) is 11.9. The fraction of sp³-hybridized carbons (Fsp3) is 0.769. The molecule has 1 aromatic rings. The number of aryl methyl sites for hydroxylation is 1. The Labute approximate surface area is 102 Å².